The van der Waals surface area contributed by atoms with Gasteiger partial charge in [-0.3, -0.25) is 9.69 Å². The van der Waals surface area contributed by atoms with E-state index in [2.05, 4.69) is 11.9 Å². The Labute approximate surface area is 165 Å². The Balaban J connectivity index is 2.00. The van der Waals surface area contributed by atoms with Gasteiger partial charge in [-0.2, -0.15) is 0 Å². The normalized spacial score (nSPS) is 10.5. The highest BCUT2D eigenvalue weighted by Gasteiger charge is 2.14. The fourth-order valence-corrected chi connectivity index (χ4v) is 3.45. The lowest BCUT2D eigenvalue weighted by Crippen LogP contribution is -2.30. The molecule has 0 atom stereocenters. The molecule has 27 heavy (non-hydrogen) atoms. The molecule has 5 nitrogen and oxygen atoms in total. The standard InChI is InChI=1S/C21H26N2O3S/c1-5-13-27-19-12-7-6-10-17(19)22-20(24)15-23(2)14-16-9-8-11-18(25-3)21(16)26-4/h5-12H,1,13-15H2,2-4H3,(H,22,24). The number of carbonyl (C=O) groups excluding carboxylic acids is 1. The van der Waals surface area contributed by atoms with Gasteiger partial charge in [0.25, 0.3) is 0 Å². The summed E-state index contributed by atoms with van der Waals surface area (Å²) in [4.78, 5) is 15.4. The van der Waals surface area contributed by atoms with Gasteiger partial charge in [-0.05, 0) is 25.2 Å². The Morgan fingerprint density at radius 2 is 1.96 bits per heavy atom. The molecule has 144 valence electrons. The Bertz CT molecular complexity index is 780. The van der Waals surface area contributed by atoms with Gasteiger partial charge in [0.05, 0.1) is 26.5 Å². The molecule has 0 saturated heterocycles. The Kier molecular flexibility index (Phi) is 8.23. The number of rotatable bonds is 10. The molecular formula is C21H26N2O3S. The van der Waals surface area contributed by atoms with E-state index >= 15 is 0 Å². The summed E-state index contributed by atoms with van der Waals surface area (Å²) in [6.07, 6.45) is 1.85. The van der Waals surface area contributed by atoms with Crippen molar-refractivity contribution in [3.8, 4) is 11.5 Å². The minimum Gasteiger partial charge on any atom is -0.493 e. The third-order valence-corrected chi connectivity index (χ3v) is 4.93. The van der Waals surface area contributed by atoms with Gasteiger partial charge in [-0.25, -0.2) is 0 Å². The van der Waals surface area contributed by atoms with Crippen LogP contribution in [0.15, 0.2) is 60.0 Å². The Hall–Kier alpha value is -2.44. The number of methoxy groups -OCH3 is 2. The zero-order chi connectivity index (χ0) is 19.6. The number of ether oxygens (including phenoxy) is 2. The van der Waals surface area contributed by atoms with Gasteiger partial charge in [-0.15, -0.1) is 18.3 Å². The molecule has 0 saturated carbocycles. The van der Waals surface area contributed by atoms with Gasteiger partial charge in [0.1, 0.15) is 0 Å². The number of carbonyl (C=O) groups is 1. The summed E-state index contributed by atoms with van der Waals surface area (Å²) in [7, 11) is 5.13. The van der Waals surface area contributed by atoms with Crippen LogP contribution in [0.3, 0.4) is 0 Å². The SMILES string of the molecule is C=CCSc1ccccc1NC(=O)CN(C)Cc1cccc(OC)c1OC. The fourth-order valence-electron chi connectivity index (χ4n) is 2.70. The highest BCUT2D eigenvalue weighted by atomic mass is 32.2. The van der Waals surface area contributed by atoms with E-state index in [9.17, 15) is 4.79 Å². The van der Waals surface area contributed by atoms with Crippen molar-refractivity contribution in [1.82, 2.24) is 4.90 Å². The van der Waals surface area contributed by atoms with Crippen LogP contribution in [-0.2, 0) is 11.3 Å². The molecule has 0 spiro atoms. The van der Waals surface area contributed by atoms with Crippen LogP contribution in [0, 0.1) is 0 Å². The third kappa shape index (κ3) is 6.05. The van der Waals surface area contributed by atoms with Crippen molar-refractivity contribution in [2.24, 2.45) is 0 Å². The molecule has 0 heterocycles. The van der Waals surface area contributed by atoms with Crippen LogP contribution >= 0.6 is 11.8 Å². The topological polar surface area (TPSA) is 50.8 Å². The maximum absolute atomic E-state index is 12.5. The number of anilines is 1. The van der Waals surface area contributed by atoms with Crippen molar-refractivity contribution in [3.63, 3.8) is 0 Å². The number of hydrogen-bond donors (Lipinski definition) is 1. The predicted octanol–water partition coefficient (Wildman–Crippen LogP) is 4.05. The Morgan fingerprint density at radius 1 is 1.19 bits per heavy atom. The molecule has 6 heteroatoms. The molecule has 0 fully saturated rings. The van der Waals surface area contributed by atoms with E-state index in [4.69, 9.17) is 9.47 Å². The van der Waals surface area contributed by atoms with Crippen LogP contribution in [0.5, 0.6) is 11.5 Å². The number of hydrogen-bond acceptors (Lipinski definition) is 5. The smallest absolute Gasteiger partial charge is 0.238 e. The van der Waals surface area contributed by atoms with Gasteiger partial charge >= 0.3 is 0 Å². The number of amides is 1. The van der Waals surface area contributed by atoms with Crippen molar-refractivity contribution in [2.75, 3.05) is 38.9 Å². The largest absolute Gasteiger partial charge is 0.493 e. The monoisotopic (exact) mass is 386 g/mol. The van der Waals surface area contributed by atoms with Crippen molar-refractivity contribution in [3.05, 3.63) is 60.7 Å². The lowest BCUT2D eigenvalue weighted by Gasteiger charge is -2.19. The van der Waals surface area contributed by atoms with Gasteiger partial charge < -0.3 is 14.8 Å². The molecule has 0 aliphatic heterocycles. The number of nitrogens with zero attached hydrogens (tertiary/aromatic N) is 1. The summed E-state index contributed by atoms with van der Waals surface area (Å²) in [6.45, 7) is 4.57. The van der Waals surface area contributed by atoms with Crippen LogP contribution in [0.4, 0.5) is 5.69 Å². The first-order valence-electron chi connectivity index (χ1n) is 8.60. The summed E-state index contributed by atoms with van der Waals surface area (Å²) >= 11 is 1.64. The quantitative estimate of drug-likeness (QED) is 0.493. The molecule has 0 radical (unpaired) electrons. The predicted molar refractivity (Wildman–Crippen MR) is 112 cm³/mol. The highest BCUT2D eigenvalue weighted by Crippen LogP contribution is 2.31. The van der Waals surface area contributed by atoms with Crippen molar-refractivity contribution < 1.29 is 14.3 Å². The van der Waals surface area contributed by atoms with Crippen molar-refractivity contribution >= 4 is 23.4 Å². The number of benzene rings is 2. The molecule has 0 bridgehead atoms. The number of thioether (sulfide) groups is 1. The van der Waals surface area contributed by atoms with E-state index in [-0.39, 0.29) is 12.5 Å². The number of nitrogens with one attached hydrogen (secondary N) is 1. The molecular weight excluding hydrogens is 360 g/mol. The van der Waals surface area contributed by atoms with Crippen LogP contribution in [0.1, 0.15) is 5.56 Å². The van der Waals surface area contributed by atoms with E-state index < -0.39 is 0 Å². The number of para-hydroxylation sites is 2. The van der Waals surface area contributed by atoms with Gasteiger partial charge in [0, 0.05) is 22.8 Å². The van der Waals surface area contributed by atoms with Crippen LogP contribution < -0.4 is 14.8 Å². The van der Waals surface area contributed by atoms with Gasteiger partial charge in [0.2, 0.25) is 5.91 Å². The molecule has 2 rings (SSSR count). The van der Waals surface area contributed by atoms with E-state index in [0.717, 1.165) is 21.9 Å². The average Bonchev–Trinajstić information content (AvgIpc) is 2.66. The molecule has 2 aromatic rings. The average molecular weight is 387 g/mol. The van der Waals surface area contributed by atoms with E-state index in [1.807, 2.05) is 60.5 Å². The summed E-state index contributed by atoms with van der Waals surface area (Å²) in [5.74, 6) is 2.10. The first-order valence-corrected chi connectivity index (χ1v) is 9.58. The molecule has 0 aromatic heterocycles. The first-order chi connectivity index (χ1) is 13.1. The maximum Gasteiger partial charge on any atom is 0.238 e. The van der Waals surface area contributed by atoms with E-state index in [1.165, 1.54) is 0 Å². The first kappa shape index (κ1) is 20.9. The summed E-state index contributed by atoms with van der Waals surface area (Å²) in [5, 5.41) is 3.00. The summed E-state index contributed by atoms with van der Waals surface area (Å²) in [6, 6.07) is 13.5. The minimum atomic E-state index is -0.0639. The van der Waals surface area contributed by atoms with Crippen LogP contribution in [0.25, 0.3) is 0 Å². The third-order valence-electron chi connectivity index (χ3n) is 3.86. The van der Waals surface area contributed by atoms with E-state index in [1.54, 1.807) is 26.0 Å². The molecule has 0 unspecified atom stereocenters. The van der Waals surface area contributed by atoms with Gasteiger partial charge in [-0.1, -0.05) is 30.3 Å². The second kappa shape index (κ2) is 10.6. The molecule has 1 amide bonds. The maximum atomic E-state index is 12.5. The lowest BCUT2D eigenvalue weighted by molar-refractivity contribution is -0.117. The van der Waals surface area contributed by atoms with E-state index in [0.29, 0.717) is 18.0 Å². The van der Waals surface area contributed by atoms with Crippen molar-refractivity contribution in [1.29, 1.82) is 0 Å². The second-order valence-corrected chi connectivity index (χ2v) is 7.03. The zero-order valence-corrected chi connectivity index (χ0v) is 16.8. The zero-order valence-electron chi connectivity index (χ0n) is 16.0. The lowest BCUT2D eigenvalue weighted by atomic mass is 10.1. The molecule has 0 aliphatic carbocycles. The highest BCUT2D eigenvalue weighted by molar-refractivity contribution is 7.99. The fraction of sp³-hybridized carbons (Fsp3) is 0.286. The molecule has 1 N–H and O–H groups in total. The molecule has 2 aromatic carbocycles. The number of likely N-dealkylation sites (N-methyl/N-ethyl adjacent to an activating group) is 1. The second-order valence-electron chi connectivity index (χ2n) is 5.97. The van der Waals surface area contributed by atoms with Gasteiger partial charge in [0.15, 0.2) is 11.5 Å². The summed E-state index contributed by atoms with van der Waals surface area (Å²) < 4.78 is 10.8. The van der Waals surface area contributed by atoms with Crippen molar-refractivity contribution in [2.45, 2.75) is 11.4 Å². The summed E-state index contributed by atoms with van der Waals surface area (Å²) in [5.41, 5.74) is 1.79. The minimum absolute atomic E-state index is 0.0639. The molecule has 0 aliphatic rings. The van der Waals surface area contributed by atoms with Crippen LogP contribution in [0.2, 0.25) is 0 Å². The Morgan fingerprint density at radius 3 is 2.67 bits per heavy atom. The van der Waals surface area contributed by atoms with Crippen LogP contribution in [-0.4, -0.2) is 44.4 Å².